The monoisotopic (exact) mass is 346 g/mol. The van der Waals surface area contributed by atoms with Crippen LogP contribution in [0.25, 0.3) is 0 Å². The number of nitrogens with one attached hydrogen (secondary N) is 2. The molecular formula is C19H20F2N2O2. The third kappa shape index (κ3) is 5.76. The number of carbonyl (C=O) groups excluding carboxylic acids is 2. The second-order valence-corrected chi connectivity index (χ2v) is 5.89. The van der Waals surface area contributed by atoms with Gasteiger partial charge in [-0.1, -0.05) is 30.3 Å². The van der Waals surface area contributed by atoms with Crippen LogP contribution in [0, 0.1) is 11.6 Å². The van der Waals surface area contributed by atoms with Gasteiger partial charge in [-0.05, 0) is 37.1 Å². The van der Waals surface area contributed by atoms with E-state index in [1.54, 1.807) is 6.92 Å². The molecular weight excluding hydrogens is 326 g/mol. The van der Waals surface area contributed by atoms with Crippen LogP contribution in [0.15, 0.2) is 48.5 Å². The minimum Gasteiger partial charge on any atom is -0.299 e. The third-order valence-corrected chi connectivity index (χ3v) is 3.74. The van der Waals surface area contributed by atoms with Gasteiger partial charge in [0, 0.05) is 12.1 Å². The van der Waals surface area contributed by atoms with Crippen LogP contribution in [-0.4, -0.2) is 17.9 Å². The van der Waals surface area contributed by atoms with Gasteiger partial charge in [-0.15, -0.1) is 0 Å². The maximum atomic E-state index is 13.1. The summed E-state index contributed by atoms with van der Waals surface area (Å²) in [5.41, 5.74) is 1.18. The van der Waals surface area contributed by atoms with Gasteiger partial charge in [-0.25, -0.2) is 8.78 Å². The van der Waals surface area contributed by atoms with Gasteiger partial charge in [-0.3, -0.25) is 20.2 Å². The first kappa shape index (κ1) is 18.7. The van der Waals surface area contributed by atoms with Gasteiger partial charge in [0.25, 0.3) is 0 Å². The fourth-order valence-electron chi connectivity index (χ4n) is 2.48. The Bertz CT molecular complexity index is 730. The highest BCUT2D eigenvalue weighted by atomic mass is 19.1. The van der Waals surface area contributed by atoms with Crippen LogP contribution >= 0.6 is 0 Å². The van der Waals surface area contributed by atoms with Crippen molar-refractivity contribution in [2.45, 2.75) is 32.4 Å². The number of halogens is 2. The van der Waals surface area contributed by atoms with Crippen molar-refractivity contribution < 1.29 is 18.4 Å². The minimum atomic E-state index is -0.763. The van der Waals surface area contributed by atoms with E-state index in [0.29, 0.717) is 0 Å². The molecule has 0 aromatic heterocycles. The lowest BCUT2D eigenvalue weighted by atomic mass is 10.1. The predicted molar refractivity (Wildman–Crippen MR) is 90.7 cm³/mol. The molecule has 2 atom stereocenters. The normalized spacial score (nSPS) is 13.1. The van der Waals surface area contributed by atoms with Crippen molar-refractivity contribution in [1.29, 1.82) is 0 Å². The molecule has 2 rings (SSSR count). The summed E-state index contributed by atoms with van der Waals surface area (Å²) in [5.74, 6) is -2.64. The molecule has 2 N–H and O–H groups in total. The van der Waals surface area contributed by atoms with E-state index >= 15 is 0 Å². The molecule has 0 fully saturated rings. The number of hydrogen-bond acceptors (Lipinski definition) is 3. The molecule has 0 spiro atoms. The van der Waals surface area contributed by atoms with Gasteiger partial charge in [-0.2, -0.15) is 0 Å². The maximum absolute atomic E-state index is 13.1. The van der Waals surface area contributed by atoms with E-state index in [1.165, 1.54) is 0 Å². The molecule has 0 bridgehead atoms. The highest BCUT2D eigenvalue weighted by molar-refractivity contribution is 5.98. The zero-order valence-corrected chi connectivity index (χ0v) is 14.1. The molecule has 2 aromatic rings. The minimum absolute atomic E-state index is 0.0747. The summed E-state index contributed by atoms with van der Waals surface area (Å²) in [4.78, 5) is 24.0. The Balaban J connectivity index is 1.88. The number of rotatable bonds is 6. The molecule has 2 aromatic carbocycles. The number of amides is 2. The molecule has 4 nitrogen and oxygen atoms in total. The molecule has 0 aliphatic heterocycles. The summed E-state index contributed by atoms with van der Waals surface area (Å²) in [6.07, 6.45) is -0.276. The average molecular weight is 346 g/mol. The zero-order chi connectivity index (χ0) is 18.4. The molecule has 0 aliphatic rings. The van der Waals surface area contributed by atoms with Crippen molar-refractivity contribution in [3.63, 3.8) is 0 Å². The zero-order valence-electron chi connectivity index (χ0n) is 14.1. The predicted octanol–water partition coefficient (Wildman–Crippen LogP) is 2.89. The van der Waals surface area contributed by atoms with Crippen LogP contribution < -0.4 is 10.6 Å². The Labute approximate surface area is 145 Å². The summed E-state index contributed by atoms with van der Waals surface area (Å²) >= 11 is 0. The van der Waals surface area contributed by atoms with Gasteiger partial charge in [0.05, 0.1) is 12.5 Å². The molecule has 0 saturated carbocycles. The highest BCUT2D eigenvalue weighted by Crippen LogP contribution is 2.12. The molecule has 0 heterocycles. The van der Waals surface area contributed by atoms with Crippen LogP contribution in [0.3, 0.4) is 0 Å². The van der Waals surface area contributed by atoms with E-state index in [9.17, 15) is 18.4 Å². The van der Waals surface area contributed by atoms with Gasteiger partial charge < -0.3 is 0 Å². The van der Waals surface area contributed by atoms with Crippen LogP contribution in [0.4, 0.5) is 8.78 Å². The quantitative estimate of drug-likeness (QED) is 0.846. The maximum Gasteiger partial charge on any atom is 0.243 e. The molecule has 6 heteroatoms. The fraction of sp³-hybridized carbons (Fsp3) is 0.263. The average Bonchev–Trinajstić information content (AvgIpc) is 2.54. The van der Waals surface area contributed by atoms with E-state index in [2.05, 4.69) is 10.6 Å². The van der Waals surface area contributed by atoms with Gasteiger partial charge in [0.2, 0.25) is 11.8 Å². The number of imide groups is 1. The van der Waals surface area contributed by atoms with Crippen molar-refractivity contribution in [1.82, 2.24) is 10.6 Å². The van der Waals surface area contributed by atoms with Gasteiger partial charge in [0.1, 0.15) is 11.6 Å². The van der Waals surface area contributed by atoms with E-state index in [0.717, 1.165) is 23.8 Å². The first-order chi connectivity index (χ1) is 11.8. The summed E-state index contributed by atoms with van der Waals surface area (Å²) < 4.78 is 26.3. The van der Waals surface area contributed by atoms with Crippen LogP contribution in [0.1, 0.15) is 31.0 Å². The molecule has 132 valence electrons. The number of hydrogen-bond donors (Lipinski definition) is 2. The summed E-state index contributed by atoms with van der Waals surface area (Å²) in [7, 11) is 0. The molecule has 25 heavy (non-hydrogen) atoms. The standard InChI is InChI=1S/C19H20F2N2O2/c1-12(15-6-4-3-5-7-15)22-13(2)19(25)23-18(24)10-14-8-16(20)11-17(21)9-14/h3-9,11-13,22H,10H2,1-2H3,(H,23,24,25)/t12-,13-/m0/s1. The highest BCUT2D eigenvalue weighted by Gasteiger charge is 2.18. The lowest BCUT2D eigenvalue weighted by Gasteiger charge is -2.19. The van der Waals surface area contributed by atoms with E-state index in [1.807, 2.05) is 37.3 Å². The Morgan fingerprint density at radius 1 is 1.00 bits per heavy atom. The van der Waals surface area contributed by atoms with E-state index < -0.39 is 29.5 Å². The number of carbonyl (C=O) groups is 2. The van der Waals surface area contributed by atoms with Crippen molar-refractivity contribution in [2.75, 3.05) is 0 Å². The summed E-state index contributed by atoms with van der Waals surface area (Å²) in [6.45, 7) is 3.56. The van der Waals surface area contributed by atoms with Gasteiger partial charge in [0.15, 0.2) is 0 Å². The summed E-state index contributed by atoms with van der Waals surface area (Å²) in [6, 6.07) is 11.7. The van der Waals surface area contributed by atoms with Crippen molar-refractivity contribution >= 4 is 11.8 Å². The first-order valence-corrected chi connectivity index (χ1v) is 7.95. The Kier molecular flexibility index (Phi) is 6.36. The van der Waals surface area contributed by atoms with Gasteiger partial charge >= 0.3 is 0 Å². The largest absolute Gasteiger partial charge is 0.299 e. The number of benzene rings is 2. The van der Waals surface area contributed by atoms with Crippen molar-refractivity contribution in [2.24, 2.45) is 0 Å². The molecule has 0 saturated heterocycles. The lowest BCUT2D eigenvalue weighted by molar-refractivity contribution is -0.131. The van der Waals surface area contributed by atoms with Crippen molar-refractivity contribution in [3.05, 3.63) is 71.3 Å². The van der Waals surface area contributed by atoms with Crippen LogP contribution in [0.2, 0.25) is 0 Å². The Morgan fingerprint density at radius 2 is 1.60 bits per heavy atom. The Morgan fingerprint density at radius 3 is 2.20 bits per heavy atom. The van der Waals surface area contributed by atoms with E-state index in [4.69, 9.17) is 0 Å². The second-order valence-electron chi connectivity index (χ2n) is 5.89. The topological polar surface area (TPSA) is 58.2 Å². The van der Waals surface area contributed by atoms with E-state index in [-0.39, 0.29) is 18.0 Å². The SMILES string of the molecule is C[C@H](N[C@@H](C)c1ccccc1)C(=O)NC(=O)Cc1cc(F)cc(F)c1. The third-order valence-electron chi connectivity index (χ3n) is 3.74. The van der Waals surface area contributed by atoms with Crippen LogP contribution in [-0.2, 0) is 16.0 Å². The smallest absolute Gasteiger partial charge is 0.243 e. The molecule has 2 amide bonds. The summed E-state index contributed by atoms with van der Waals surface area (Å²) in [5, 5.41) is 5.34. The first-order valence-electron chi connectivity index (χ1n) is 7.95. The Hall–Kier alpha value is -2.60. The van der Waals surface area contributed by atoms with Crippen molar-refractivity contribution in [3.8, 4) is 0 Å². The lowest BCUT2D eigenvalue weighted by Crippen LogP contribution is -2.45. The molecule has 0 radical (unpaired) electrons. The van der Waals surface area contributed by atoms with Crippen LogP contribution in [0.5, 0.6) is 0 Å². The fourth-order valence-corrected chi connectivity index (χ4v) is 2.48. The molecule has 0 aliphatic carbocycles. The second kappa shape index (κ2) is 8.48. The molecule has 0 unspecified atom stereocenters.